The molecule has 1 saturated heterocycles. The lowest BCUT2D eigenvalue weighted by Gasteiger charge is -2.32. The Hall–Kier alpha value is -1.84. The lowest BCUT2D eigenvalue weighted by molar-refractivity contribution is 0.151. The first-order valence-corrected chi connectivity index (χ1v) is 9.11. The molecule has 1 aromatic heterocycles. The van der Waals surface area contributed by atoms with E-state index >= 15 is 0 Å². The SMILES string of the molecule is Cc1ccc2c3ccccc3n(CCCN3CCN(C)CC3)c2c1. The van der Waals surface area contributed by atoms with Gasteiger partial charge in [-0.25, -0.2) is 0 Å². The number of rotatable bonds is 4. The van der Waals surface area contributed by atoms with Crippen LogP contribution < -0.4 is 0 Å². The molecule has 1 fully saturated rings. The van der Waals surface area contributed by atoms with Crippen LogP contribution in [0.3, 0.4) is 0 Å². The van der Waals surface area contributed by atoms with Crippen LogP contribution in [-0.4, -0.2) is 54.1 Å². The Bertz CT molecular complexity index is 841. The Morgan fingerprint density at radius 2 is 1.58 bits per heavy atom. The minimum absolute atomic E-state index is 1.10. The summed E-state index contributed by atoms with van der Waals surface area (Å²) in [6.45, 7) is 9.31. The molecule has 0 radical (unpaired) electrons. The molecule has 0 unspecified atom stereocenters. The van der Waals surface area contributed by atoms with Gasteiger partial charge in [-0.05, 0) is 44.6 Å². The second-order valence-electron chi connectivity index (χ2n) is 7.19. The summed E-state index contributed by atoms with van der Waals surface area (Å²) in [5, 5.41) is 2.77. The highest BCUT2D eigenvalue weighted by molar-refractivity contribution is 6.08. The molecule has 1 aliphatic heterocycles. The van der Waals surface area contributed by atoms with Crippen LogP contribution in [0.25, 0.3) is 21.8 Å². The molecular formula is C21H27N3. The zero-order chi connectivity index (χ0) is 16.5. The first-order valence-electron chi connectivity index (χ1n) is 9.11. The second kappa shape index (κ2) is 6.58. The predicted octanol–water partition coefficient (Wildman–Crippen LogP) is 3.74. The number of benzene rings is 2. The number of nitrogens with zero attached hydrogens (tertiary/aromatic N) is 3. The molecule has 24 heavy (non-hydrogen) atoms. The fourth-order valence-corrected chi connectivity index (χ4v) is 3.92. The van der Waals surface area contributed by atoms with E-state index in [9.17, 15) is 0 Å². The lowest BCUT2D eigenvalue weighted by Crippen LogP contribution is -2.44. The molecule has 2 aromatic carbocycles. The van der Waals surface area contributed by atoms with Gasteiger partial charge in [0.1, 0.15) is 0 Å². The topological polar surface area (TPSA) is 11.4 Å². The van der Waals surface area contributed by atoms with E-state index in [4.69, 9.17) is 0 Å². The van der Waals surface area contributed by atoms with Gasteiger partial charge in [0, 0.05) is 54.5 Å². The van der Waals surface area contributed by atoms with Crippen molar-refractivity contribution in [1.82, 2.24) is 14.4 Å². The fourth-order valence-electron chi connectivity index (χ4n) is 3.92. The van der Waals surface area contributed by atoms with Crippen LogP contribution in [0.1, 0.15) is 12.0 Å². The van der Waals surface area contributed by atoms with E-state index in [1.54, 1.807) is 0 Å². The summed E-state index contributed by atoms with van der Waals surface area (Å²) in [6.07, 6.45) is 1.21. The maximum absolute atomic E-state index is 2.61. The van der Waals surface area contributed by atoms with E-state index < -0.39 is 0 Å². The van der Waals surface area contributed by atoms with Gasteiger partial charge >= 0.3 is 0 Å². The first-order chi connectivity index (χ1) is 11.7. The van der Waals surface area contributed by atoms with E-state index in [1.165, 1.54) is 66.5 Å². The Morgan fingerprint density at radius 3 is 2.42 bits per heavy atom. The normalized spacial score (nSPS) is 17.1. The zero-order valence-electron chi connectivity index (χ0n) is 14.8. The summed E-state index contributed by atoms with van der Waals surface area (Å²) in [4.78, 5) is 5.03. The van der Waals surface area contributed by atoms with Gasteiger partial charge < -0.3 is 14.4 Å². The zero-order valence-corrected chi connectivity index (χ0v) is 14.8. The third-order valence-corrected chi connectivity index (χ3v) is 5.38. The van der Waals surface area contributed by atoms with Gasteiger partial charge in [-0.15, -0.1) is 0 Å². The van der Waals surface area contributed by atoms with E-state index in [1.807, 2.05) is 0 Å². The molecule has 3 heteroatoms. The molecule has 4 rings (SSSR count). The number of likely N-dealkylation sites (N-methyl/N-ethyl adjacent to an activating group) is 1. The van der Waals surface area contributed by atoms with Crippen LogP contribution in [0.5, 0.6) is 0 Å². The van der Waals surface area contributed by atoms with Gasteiger partial charge in [-0.1, -0.05) is 30.3 Å². The summed E-state index contributed by atoms with van der Waals surface area (Å²) < 4.78 is 2.52. The summed E-state index contributed by atoms with van der Waals surface area (Å²) >= 11 is 0. The molecule has 0 N–H and O–H groups in total. The van der Waals surface area contributed by atoms with Crippen molar-refractivity contribution in [1.29, 1.82) is 0 Å². The molecule has 0 aliphatic carbocycles. The van der Waals surface area contributed by atoms with Crippen molar-refractivity contribution in [2.24, 2.45) is 0 Å². The van der Waals surface area contributed by atoms with Gasteiger partial charge in [-0.3, -0.25) is 0 Å². The predicted molar refractivity (Wildman–Crippen MR) is 103 cm³/mol. The van der Waals surface area contributed by atoms with Gasteiger partial charge in [-0.2, -0.15) is 0 Å². The molecule has 2 heterocycles. The van der Waals surface area contributed by atoms with E-state index in [0.717, 1.165) is 6.54 Å². The summed E-state index contributed by atoms with van der Waals surface area (Å²) in [6, 6.07) is 15.7. The van der Waals surface area contributed by atoms with E-state index in [2.05, 4.69) is 70.8 Å². The van der Waals surface area contributed by atoms with Crippen molar-refractivity contribution in [3.63, 3.8) is 0 Å². The number of aryl methyl sites for hydroxylation is 2. The highest BCUT2D eigenvalue weighted by Gasteiger charge is 2.14. The molecule has 0 saturated carbocycles. The molecule has 0 atom stereocenters. The van der Waals surface area contributed by atoms with Crippen molar-refractivity contribution in [2.75, 3.05) is 39.8 Å². The number of hydrogen-bond donors (Lipinski definition) is 0. The first kappa shape index (κ1) is 15.7. The monoisotopic (exact) mass is 321 g/mol. The Kier molecular flexibility index (Phi) is 4.30. The Balaban J connectivity index is 1.57. The Labute approximate surface area is 144 Å². The van der Waals surface area contributed by atoms with Gasteiger partial charge in [0.15, 0.2) is 0 Å². The standard InChI is InChI=1S/C21H27N3/c1-17-8-9-19-18-6-3-4-7-20(18)24(21(19)16-17)11-5-10-23-14-12-22(2)13-15-23/h3-4,6-9,16H,5,10-15H2,1-2H3. The van der Waals surface area contributed by atoms with Crippen molar-refractivity contribution in [2.45, 2.75) is 19.9 Å². The molecule has 0 bridgehead atoms. The largest absolute Gasteiger partial charge is 0.340 e. The highest BCUT2D eigenvalue weighted by atomic mass is 15.2. The molecule has 3 nitrogen and oxygen atoms in total. The quantitative estimate of drug-likeness (QED) is 0.725. The average Bonchev–Trinajstić information content (AvgIpc) is 2.90. The summed E-state index contributed by atoms with van der Waals surface area (Å²) in [7, 11) is 2.22. The third kappa shape index (κ3) is 2.94. The van der Waals surface area contributed by atoms with Gasteiger partial charge in [0.25, 0.3) is 0 Å². The minimum atomic E-state index is 1.10. The lowest BCUT2D eigenvalue weighted by atomic mass is 10.1. The van der Waals surface area contributed by atoms with Crippen molar-refractivity contribution >= 4 is 21.8 Å². The van der Waals surface area contributed by atoms with E-state index in [0.29, 0.717) is 0 Å². The number of para-hydroxylation sites is 1. The maximum Gasteiger partial charge on any atom is 0.0494 e. The van der Waals surface area contributed by atoms with Crippen LogP contribution >= 0.6 is 0 Å². The fraction of sp³-hybridized carbons (Fsp3) is 0.429. The maximum atomic E-state index is 2.61. The van der Waals surface area contributed by atoms with Crippen LogP contribution in [0, 0.1) is 6.92 Å². The molecule has 3 aromatic rings. The number of aromatic nitrogens is 1. The second-order valence-corrected chi connectivity index (χ2v) is 7.19. The van der Waals surface area contributed by atoms with Crippen molar-refractivity contribution in [3.05, 3.63) is 48.0 Å². The van der Waals surface area contributed by atoms with Crippen LogP contribution in [-0.2, 0) is 6.54 Å². The van der Waals surface area contributed by atoms with Crippen LogP contribution in [0.15, 0.2) is 42.5 Å². The number of hydrogen-bond acceptors (Lipinski definition) is 2. The summed E-state index contributed by atoms with van der Waals surface area (Å²) in [5.74, 6) is 0. The van der Waals surface area contributed by atoms with Crippen LogP contribution in [0.4, 0.5) is 0 Å². The molecule has 0 amide bonds. The molecular weight excluding hydrogens is 294 g/mol. The van der Waals surface area contributed by atoms with E-state index in [-0.39, 0.29) is 0 Å². The summed E-state index contributed by atoms with van der Waals surface area (Å²) in [5.41, 5.74) is 4.09. The molecule has 126 valence electrons. The van der Waals surface area contributed by atoms with Crippen molar-refractivity contribution in [3.8, 4) is 0 Å². The number of fused-ring (bicyclic) bond motifs is 3. The smallest absolute Gasteiger partial charge is 0.0494 e. The van der Waals surface area contributed by atoms with Gasteiger partial charge in [0.05, 0.1) is 0 Å². The van der Waals surface area contributed by atoms with Crippen LogP contribution in [0.2, 0.25) is 0 Å². The van der Waals surface area contributed by atoms with Gasteiger partial charge in [0.2, 0.25) is 0 Å². The molecule has 1 aliphatic rings. The van der Waals surface area contributed by atoms with Crippen molar-refractivity contribution < 1.29 is 0 Å². The number of piperazine rings is 1. The average molecular weight is 321 g/mol. The minimum Gasteiger partial charge on any atom is -0.340 e. The highest BCUT2D eigenvalue weighted by Crippen LogP contribution is 2.29. The Morgan fingerprint density at radius 1 is 0.833 bits per heavy atom. The third-order valence-electron chi connectivity index (χ3n) is 5.38. The molecule has 0 spiro atoms.